The van der Waals surface area contributed by atoms with Gasteiger partial charge in [-0.05, 0) is 6.42 Å². The van der Waals surface area contributed by atoms with Crippen LogP contribution in [0.25, 0.3) is 0 Å². The van der Waals surface area contributed by atoms with Crippen molar-refractivity contribution in [1.82, 2.24) is 0 Å². The average Bonchev–Trinajstić information content (AvgIpc) is 1.80. The molecule has 0 radical (unpaired) electrons. The molecule has 6 N–H and O–H groups in total. The fourth-order valence-corrected chi connectivity index (χ4v) is 1.00. The summed E-state index contributed by atoms with van der Waals surface area (Å²) in [4.78, 5) is 20.4. The van der Waals surface area contributed by atoms with Crippen molar-refractivity contribution < 1.29 is 19.8 Å². The Bertz CT molecular complexity index is 175. The van der Waals surface area contributed by atoms with Crippen LogP contribution in [-0.2, 0) is 9.59 Å². The Labute approximate surface area is 75.5 Å². The Morgan fingerprint density at radius 2 is 1.31 bits per heavy atom. The van der Waals surface area contributed by atoms with Crippen LogP contribution in [-0.4, -0.2) is 34.2 Å². The van der Waals surface area contributed by atoms with Gasteiger partial charge in [0.05, 0.1) is 12.8 Å². The van der Waals surface area contributed by atoms with E-state index in [1.807, 2.05) is 0 Å². The highest BCUT2D eigenvalue weighted by atomic mass is 16.4. The van der Waals surface area contributed by atoms with Crippen molar-refractivity contribution in [1.29, 1.82) is 0 Å². The highest BCUT2D eigenvalue weighted by Gasteiger charge is 2.14. The first kappa shape index (κ1) is 11.9. The summed E-state index contributed by atoms with van der Waals surface area (Å²) < 4.78 is 0. The summed E-state index contributed by atoms with van der Waals surface area (Å²) in [5.41, 5.74) is 10.8. The summed E-state index contributed by atoms with van der Waals surface area (Å²) in [6.07, 6.45) is -0.167. The lowest BCUT2D eigenvalue weighted by atomic mass is 10.0. The van der Waals surface area contributed by atoms with Crippen LogP contribution in [0.5, 0.6) is 0 Å². The predicted octanol–water partition coefficient (Wildman–Crippen LogP) is -1.02. The van der Waals surface area contributed by atoms with Gasteiger partial charge in [-0.3, -0.25) is 9.59 Å². The van der Waals surface area contributed by atoms with E-state index in [2.05, 4.69) is 0 Å². The van der Waals surface area contributed by atoms with Crippen LogP contribution >= 0.6 is 0 Å². The molecule has 0 aliphatic rings. The molecule has 0 aromatic carbocycles. The fraction of sp³-hybridized carbons (Fsp3) is 0.714. The van der Waals surface area contributed by atoms with Crippen LogP contribution in [0, 0.1) is 0 Å². The number of hydrogen-bond donors (Lipinski definition) is 4. The van der Waals surface area contributed by atoms with Crippen molar-refractivity contribution in [2.45, 2.75) is 31.3 Å². The van der Waals surface area contributed by atoms with Crippen LogP contribution in [0.15, 0.2) is 0 Å². The molecule has 0 aliphatic heterocycles. The van der Waals surface area contributed by atoms with E-state index in [0.29, 0.717) is 0 Å². The Balaban J connectivity index is 3.70. The van der Waals surface area contributed by atoms with Crippen molar-refractivity contribution in [2.75, 3.05) is 0 Å². The van der Waals surface area contributed by atoms with E-state index in [9.17, 15) is 9.59 Å². The van der Waals surface area contributed by atoms with Gasteiger partial charge in [0.2, 0.25) is 0 Å². The molecule has 0 saturated carbocycles. The van der Waals surface area contributed by atoms with Gasteiger partial charge >= 0.3 is 11.9 Å². The molecule has 6 nitrogen and oxygen atoms in total. The molecule has 0 bridgehead atoms. The van der Waals surface area contributed by atoms with Gasteiger partial charge in [0.15, 0.2) is 0 Å². The maximum atomic E-state index is 10.2. The molecule has 0 aromatic heterocycles. The van der Waals surface area contributed by atoms with Crippen LogP contribution in [0.3, 0.4) is 0 Å². The maximum Gasteiger partial charge on any atom is 0.304 e. The molecule has 0 amide bonds. The number of nitrogens with two attached hydrogens (primary N) is 2. The smallest absolute Gasteiger partial charge is 0.304 e. The molecular weight excluding hydrogens is 176 g/mol. The number of carboxylic acid groups (broad SMARTS) is 2. The minimum absolute atomic E-state index is 0.187. The molecule has 2 unspecified atom stereocenters. The van der Waals surface area contributed by atoms with Gasteiger partial charge in [0, 0.05) is 12.1 Å². The number of hydrogen-bond acceptors (Lipinski definition) is 4. The van der Waals surface area contributed by atoms with E-state index in [1.54, 1.807) is 0 Å². The summed E-state index contributed by atoms with van der Waals surface area (Å²) in [5.74, 6) is -2.01. The van der Waals surface area contributed by atoms with Crippen LogP contribution in [0.1, 0.15) is 19.3 Å². The van der Waals surface area contributed by atoms with E-state index >= 15 is 0 Å². The van der Waals surface area contributed by atoms with Crippen molar-refractivity contribution in [3.8, 4) is 0 Å². The summed E-state index contributed by atoms with van der Waals surface area (Å²) in [5, 5.41) is 16.7. The molecule has 13 heavy (non-hydrogen) atoms. The van der Waals surface area contributed by atoms with Gasteiger partial charge in [-0.1, -0.05) is 0 Å². The topological polar surface area (TPSA) is 127 Å². The third-order valence-corrected chi connectivity index (χ3v) is 1.48. The van der Waals surface area contributed by atoms with E-state index in [1.165, 1.54) is 0 Å². The standard InChI is InChI=1S/C7H14N2O4/c8-4(2-6(10)11)1-5(9)3-7(12)13/h4-5H,1-3,8-9H2,(H,10,11)(H,12,13). The number of carbonyl (C=O) groups is 2. The van der Waals surface area contributed by atoms with Crippen molar-refractivity contribution >= 4 is 11.9 Å². The monoisotopic (exact) mass is 190 g/mol. The van der Waals surface area contributed by atoms with Crippen LogP contribution < -0.4 is 11.5 Å². The third kappa shape index (κ3) is 7.23. The number of rotatable bonds is 6. The van der Waals surface area contributed by atoms with Gasteiger partial charge in [-0.15, -0.1) is 0 Å². The first-order valence-electron chi connectivity index (χ1n) is 3.86. The van der Waals surface area contributed by atoms with E-state index < -0.39 is 24.0 Å². The summed E-state index contributed by atoms with van der Waals surface area (Å²) in [6.45, 7) is 0. The van der Waals surface area contributed by atoms with Crippen molar-refractivity contribution in [2.24, 2.45) is 11.5 Å². The Kier molecular flexibility index (Phi) is 5.01. The molecule has 0 aromatic rings. The molecule has 0 fully saturated rings. The lowest BCUT2D eigenvalue weighted by Gasteiger charge is -2.13. The first-order chi connectivity index (χ1) is 5.91. The molecule has 2 atom stereocenters. The zero-order valence-corrected chi connectivity index (χ0v) is 7.14. The highest BCUT2D eigenvalue weighted by Crippen LogP contribution is 2.01. The number of aliphatic carboxylic acids is 2. The normalized spacial score (nSPS) is 14.9. The third-order valence-electron chi connectivity index (χ3n) is 1.48. The number of carboxylic acids is 2. The van der Waals surface area contributed by atoms with Crippen LogP contribution in [0.4, 0.5) is 0 Å². The maximum absolute atomic E-state index is 10.2. The zero-order chi connectivity index (χ0) is 10.4. The molecular formula is C7H14N2O4. The van der Waals surface area contributed by atoms with Gasteiger partial charge < -0.3 is 21.7 Å². The van der Waals surface area contributed by atoms with Crippen molar-refractivity contribution in [3.63, 3.8) is 0 Å². The second-order valence-electron chi connectivity index (χ2n) is 2.95. The SMILES string of the molecule is NC(CC(=O)O)CC(N)CC(=O)O. The highest BCUT2D eigenvalue weighted by molar-refractivity contribution is 5.68. The lowest BCUT2D eigenvalue weighted by molar-refractivity contribution is -0.137. The fourth-order valence-electron chi connectivity index (χ4n) is 1.00. The van der Waals surface area contributed by atoms with Gasteiger partial charge in [0.1, 0.15) is 0 Å². The molecule has 0 saturated heterocycles. The minimum atomic E-state index is -1.00. The van der Waals surface area contributed by atoms with E-state index in [0.717, 1.165) is 0 Å². The molecule has 0 spiro atoms. The van der Waals surface area contributed by atoms with Gasteiger partial charge in [-0.25, -0.2) is 0 Å². The molecule has 0 aliphatic carbocycles. The molecule has 6 heteroatoms. The lowest BCUT2D eigenvalue weighted by Crippen LogP contribution is -2.34. The Morgan fingerprint density at radius 3 is 1.54 bits per heavy atom. The summed E-state index contributed by atoms with van der Waals surface area (Å²) in [6, 6.07) is -1.15. The average molecular weight is 190 g/mol. The molecule has 0 heterocycles. The predicted molar refractivity (Wildman–Crippen MR) is 45.1 cm³/mol. The van der Waals surface area contributed by atoms with Gasteiger partial charge in [-0.2, -0.15) is 0 Å². The Hall–Kier alpha value is -1.14. The molecule has 76 valence electrons. The summed E-state index contributed by atoms with van der Waals surface area (Å²) >= 11 is 0. The largest absolute Gasteiger partial charge is 0.481 e. The second-order valence-corrected chi connectivity index (χ2v) is 2.95. The first-order valence-corrected chi connectivity index (χ1v) is 3.86. The summed E-state index contributed by atoms with van der Waals surface area (Å²) in [7, 11) is 0. The van der Waals surface area contributed by atoms with Crippen LogP contribution in [0.2, 0.25) is 0 Å². The molecule has 0 rings (SSSR count). The van der Waals surface area contributed by atoms with E-state index in [-0.39, 0.29) is 19.3 Å². The Morgan fingerprint density at radius 1 is 1.00 bits per heavy atom. The quantitative estimate of drug-likeness (QED) is 0.424. The zero-order valence-electron chi connectivity index (χ0n) is 7.14. The minimum Gasteiger partial charge on any atom is -0.481 e. The second kappa shape index (κ2) is 5.50. The van der Waals surface area contributed by atoms with Gasteiger partial charge in [0.25, 0.3) is 0 Å². The van der Waals surface area contributed by atoms with Crippen molar-refractivity contribution in [3.05, 3.63) is 0 Å². The van der Waals surface area contributed by atoms with E-state index in [4.69, 9.17) is 21.7 Å².